The van der Waals surface area contributed by atoms with Gasteiger partial charge in [-0.3, -0.25) is 4.55 Å². The smallest absolute Gasteiger partial charge is 0.394 e. The summed E-state index contributed by atoms with van der Waals surface area (Å²) in [4.78, 5) is 0. The fraction of sp³-hybridized carbons (Fsp3) is 0.968. The number of allylic oxidation sites excluding steroid dienone is 1. The van der Waals surface area contributed by atoms with E-state index in [0.717, 1.165) is 5.57 Å². The zero-order valence-electron chi connectivity index (χ0n) is 56.0. The fourth-order valence-electron chi connectivity index (χ4n) is 17.7. The average molecular weight is 1440 g/mol. The van der Waals surface area contributed by atoms with Crippen LogP contribution in [-0.2, 0) is 76.2 Å². The summed E-state index contributed by atoms with van der Waals surface area (Å²) in [6.45, 7) is 13.6. The number of ether oxygens (including phenoxy) is 13. The predicted octanol–water partition coefficient (Wildman–Crippen LogP) is -5.83. The van der Waals surface area contributed by atoms with E-state index in [4.69, 9.17) is 65.8 Å². The molecule has 3 saturated carbocycles. The lowest BCUT2D eigenvalue weighted by atomic mass is 9.46. The molecule has 0 aromatic heterocycles. The molecule has 18 N–H and O–H groups in total. The van der Waals surface area contributed by atoms with Gasteiger partial charge in [-0.25, -0.2) is 4.18 Å². The minimum absolute atomic E-state index is 0.0795. The summed E-state index contributed by atoms with van der Waals surface area (Å²) in [5.41, 5.74) is -1.76. The van der Waals surface area contributed by atoms with Gasteiger partial charge in [0.15, 0.2) is 37.7 Å². The molecule has 98 heavy (non-hydrogen) atoms. The molecule has 7 saturated heterocycles. The van der Waals surface area contributed by atoms with Crippen LogP contribution in [0.15, 0.2) is 11.6 Å². The summed E-state index contributed by atoms with van der Waals surface area (Å²) in [6.07, 6.45) is -53.6. The SMILES string of the molecule is CC(C)C(C)C1OC1C(C)(O)C1CCC2C3C(=CCC21C)C1(C)CCC(OS(=O)(=O)O)CC1C(OC1OC(C)C(O)C(OC2OCC(OC4OC(CO)C(OC5OC(CO)C(O)C(O)C5O)C(O)C4OC4OC(C)C(O)C(O)C4O)C(O)C2OC2OC(C)C(O)C(O)C2O)C1O)C3O. The standard InChI is InChI=1S/C63H104O34S/c1-20(2)21(3)48-54(91-48)63(9,80)32-11-10-26-33-27(13-15-62(26,32)8)61(7)14-12-25(97-98(81,82)83)16-28(61)49(39(33)71)92-58-47(79)51(36(68)24(6)87-58)94-59-52(95-55-43(75)40(72)34(66)22(4)85-55)38(70)31(19-84-59)90-60-53(96-56-44(76)41(73)35(67)23(5)86-56)46(78)50(30(18-65)89-60)93-57-45(77)42(74)37(69)29(17-64)88-57/h13,20-26,28-60,64-80H,10-12,14-19H2,1-9H3,(H,81,82,83). The lowest BCUT2D eigenvalue weighted by Gasteiger charge is -2.61. The number of rotatable bonds is 20. The van der Waals surface area contributed by atoms with Crippen LogP contribution in [-0.4, -0.2) is 334 Å². The van der Waals surface area contributed by atoms with Crippen molar-refractivity contribution in [3.05, 3.63) is 11.6 Å². The van der Waals surface area contributed by atoms with Gasteiger partial charge >= 0.3 is 10.4 Å². The van der Waals surface area contributed by atoms with Crippen LogP contribution in [0.1, 0.15) is 101 Å². The second-order valence-corrected chi connectivity index (χ2v) is 31.3. The molecule has 10 fully saturated rings. The van der Waals surface area contributed by atoms with Gasteiger partial charge in [0.2, 0.25) is 0 Å². The van der Waals surface area contributed by atoms with Gasteiger partial charge in [0, 0.05) is 5.92 Å². The van der Waals surface area contributed by atoms with E-state index in [0.29, 0.717) is 31.6 Å². The Hall–Kier alpha value is -1.59. The topological polar surface area (TPSA) is 531 Å². The highest BCUT2D eigenvalue weighted by atomic mass is 32.3. The highest BCUT2D eigenvalue weighted by molar-refractivity contribution is 7.80. The van der Waals surface area contributed by atoms with Gasteiger partial charge in [-0.15, -0.1) is 0 Å². The zero-order chi connectivity index (χ0) is 71.6. The number of hydrogen-bond acceptors (Lipinski definition) is 33. The highest BCUT2D eigenvalue weighted by Crippen LogP contribution is 2.68. The van der Waals surface area contributed by atoms with Gasteiger partial charge in [0.25, 0.3) is 0 Å². The number of fused-ring (bicyclic) bond motifs is 5. The molecule has 42 atom stereocenters. The Bertz CT molecular complexity index is 2830. The summed E-state index contributed by atoms with van der Waals surface area (Å²) in [5, 5.41) is 193. The van der Waals surface area contributed by atoms with Crippen molar-refractivity contribution in [3.63, 3.8) is 0 Å². The predicted molar refractivity (Wildman–Crippen MR) is 323 cm³/mol. The molecule has 7 aliphatic heterocycles. The monoisotopic (exact) mass is 1440 g/mol. The second-order valence-electron chi connectivity index (χ2n) is 30.3. The molecule has 34 nitrogen and oxygen atoms in total. The average Bonchev–Trinajstić information content (AvgIpc) is 1.41. The van der Waals surface area contributed by atoms with E-state index in [1.54, 1.807) is 0 Å². The van der Waals surface area contributed by atoms with Crippen LogP contribution in [0, 0.1) is 46.3 Å². The maximum atomic E-state index is 13.1. The molecule has 42 unspecified atom stereocenters. The highest BCUT2D eigenvalue weighted by Gasteiger charge is 2.69. The maximum absolute atomic E-state index is 13.1. The summed E-state index contributed by atoms with van der Waals surface area (Å²) in [7, 11) is -4.98. The van der Waals surface area contributed by atoms with Crippen molar-refractivity contribution < 1.29 is 166 Å². The normalized spacial score (nSPS) is 54.0. The van der Waals surface area contributed by atoms with Crippen LogP contribution in [0.2, 0.25) is 0 Å². The van der Waals surface area contributed by atoms with Gasteiger partial charge < -0.3 is 148 Å². The number of aliphatic hydroxyl groups excluding tert-OH is 16. The molecule has 0 spiro atoms. The van der Waals surface area contributed by atoms with Crippen LogP contribution >= 0.6 is 0 Å². The van der Waals surface area contributed by atoms with Crippen LogP contribution in [0.3, 0.4) is 0 Å². The Labute approximate surface area is 567 Å². The number of hydrogen-bond donors (Lipinski definition) is 18. The Morgan fingerprint density at radius 1 is 0.541 bits per heavy atom. The zero-order valence-corrected chi connectivity index (χ0v) is 56.8. The number of epoxide rings is 1. The molecular formula is C63H104O34S. The fourth-order valence-corrected chi connectivity index (χ4v) is 18.2. The molecule has 0 amide bonds. The minimum atomic E-state index is -4.98. The third-order valence-electron chi connectivity index (χ3n) is 23.9. The first-order valence-corrected chi connectivity index (χ1v) is 35.6. The van der Waals surface area contributed by atoms with Gasteiger partial charge in [-0.1, -0.05) is 46.3 Å². The molecular weight excluding hydrogens is 1330 g/mol. The minimum Gasteiger partial charge on any atom is -0.394 e. The summed E-state index contributed by atoms with van der Waals surface area (Å²) in [6, 6.07) is 0. The lowest BCUT2D eigenvalue weighted by molar-refractivity contribution is -0.407. The van der Waals surface area contributed by atoms with Gasteiger partial charge in [0.05, 0.1) is 68.1 Å². The summed E-state index contributed by atoms with van der Waals surface area (Å²) >= 11 is 0. The molecule has 0 radical (unpaired) electrons. The van der Waals surface area contributed by atoms with Crippen molar-refractivity contribution in [2.45, 2.75) is 315 Å². The molecule has 0 aromatic rings. The first-order valence-electron chi connectivity index (χ1n) is 34.2. The van der Waals surface area contributed by atoms with Crippen molar-refractivity contribution in [2.75, 3.05) is 19.8 Å². The van der Waals surface area contributed by atoms with Crippen LogP contribution in [0.5, 0.6) is 0 Å². The quantitative estimate of drug-likeness (QED) is 0.0307. The molecule has 566 valence electrons. The Balaban J connectivity index is 0.873. The molecule has 0 bridgehead atoms. The Kier molecular flexibility index (Phi) is 23.4. The molecule has 0 aromatic carbocycles. The van der Waals surface area contributed by atoms with E-state index in [1.165, 1.54) is 20.8 Å². The van der Waals surface area contributed by atoms with Crippen molar-refractivity contribution >= 4 is 10.4 Å². The third kappa shape index (κ3) is 14.4. The van der Waals surface area contributed by atoms with E-state index in [2.05, 4.69) is 33.8 Å². The largest absolute Gasteiger partial charge is 0.397 e. The Morgan fingerprint density at radius 2 is 1.05 bits per heavy atom. The van der Waals surface area contributed by atoms with Crippen molar-refractivity contribution in [1.82, 2.24) is 0 Å². The van der Waals surface area contributed by atoms with Crippen LogP contribution in [0.25, 0.3) is 0 Å². The van der Waals surface area contributed by atoms with E-state index in [9.17, 15) is 99.8 Å². The lowest BCUT2D eigenvalue weighted by Crippen LogP contribution is -2.68. The van der Waals surface area contributed by atoms with Gasteiger partial charge in [-0.05, 0) is 107 Å². The van der Waals surface area contributed by atoms with Crippen LogP contribution in [0.4, 0.5) is 0 Å². The number of aliphatic hydroxyl groups is 17. The van der Waals surface area contributed by atoms with Crippen molar-refractivity contribution in [3.8, 4) is 0 Å². The summed E-state index contributed by atoms with van der Waals surface area (Å²) < 4.78 is 119. The van der Waals surface area contributed by atoms with E-state index >= 15 is 0 Å². The Morgan fingerprint density at radius 3 is 1.62 bits per heavy atom. The first-order chi connectivity index (χ1) is 45.9. The van der Waals surface area contributed by atoms with Crippen molar-refractivity contribution in [1.29, 1.82) is 0 Å². The maximum Gasteiger partial charge on any atom is 0.397 e. The van der Waals surface area contributed by atoms with E-state index in [1.807, 2.05) is 13.8 Å². The van der Waals surface area contributed by atoms with Gasteiger partial charge in [0.1, 0.15) is 128 Å². The molecule has 7 heterocycles. The molecule has 4 aliphatic carbocycles. The summed E-state index contributed by atoms with van der Waals surface area (Å²) in [5.74, 6) is -1.45. The molecule has 35 heteroatoms. The van der Waals surface area contributed by atoms with E-state index in [-0.39, 0.29) is 36.7 Å². The second kappa shape index (κ2) is 29.6. The first kappa shape index (κ1) is 77.5. The van der Waals surface area contributed by atoms with Crippen molar-refractivity contribution in [2.24, 2.45) is 46.3 Å². The van der Waals surface area contributed by atoms with Crippen LogP contribution < -0.4 is 0 Å². The molecule has 11 rings (SSSR count). The van der Waals surface area contributed by atoms with Gasteiger partial charge in [-0.2, -0.15) is 8.42 Å². The van der Waals surface area contributed by atoms with E-state index < -0.39 is 261 Å². The molecule has 11 aliphatic rings. The third-order valence-corrected chi connectivity index (χ3v) is 24.4.